The molecule has 0 aliphatic heterocycles. The SMILES string of the molecule is CN=C(NCc1cc(OC)c(OC)c(OC)c1)NCC(C)N(C)c1ccccc1. The minimum Gasteiger partial charge on any atom is -0.493 e. The Bertz CT molecular complexity index is 771. The standard InChI is InChI=1S/C22H32N4O3/c1-16(26(3)18-10-8-7-9-11-18)14-24-22(23-2)25-15-17-12-19(27-4)21(29-6)20(13-17)28-5/h7-13,16H,14-15H2,1-6H3,(H2,23,24,25). The quantitative estimate of drug-likeness (QED) is 0.498. The number of rotatable bonds is 9. The van der Waals surface area contributed by atoms with Crippen molar-refractivity contribution in [3.8, 4) is 17.2 Å². The maximum atomic E-state index is 5.42. The molecule has 158 valence electrons. The van der Waals surface area contributed by atoms with E-state index < -0.39 is 0 Å². The summed E-state index contributed by atoms with van der Waals surface area (Å²) in [6.45, 7) is 3.49. The van der Waals surface area contributed by atoms with Gasteiger partial charge in [-0.1, -0.05) is 18.2 Å². The highest BCUT2D eigenvalue weighted by Crippen LogP contribution is 2.38. The number of nitrogens with zero attached hydrogens (tertiary/aromatic N) is 2. The lowest BCUT2D eigenvalue weighted by atomic mass is 10.2. The lowest BCUT2D eigenvalue weighted by molar-refractivity contribution is 0.323. The van der Waals surface area contributed by atoms with E-state index in [4.69, 9.17) is 14.2 Å². The Morgan fingerprint density at radius 2 is 1.62 bits per heavy atom. The summed E-state index contributed by atoms with van der Waals surface area (Å²) in [4.78, 5) is 6.55. The van der Waals surface area contributed by atoms with Crippen LogP contribution in [0.25, 0.3) is 0 Å². The van der Waals surface area contributed by atoms with Crippen molar-refractivity contribution < 1.29 is 14.2 Å². The molecule has 1 atom stereocenters. The zero-order valence-corrected chi connectivity index (χ0v) is 18.2. The van der Waals surface area contributed by atoms with Crippen LogP contribution in [-0.2, 0) is 6.54 Å². The lowest BCUT2D eigenvalue weighted by Gasteiger charge is -2.28. The summed E-state index contributed by atoms with van der Waals surface area (Å²) >= 11 is 0. The average Bonchev–Trinajstić information content (AvgIpc) is 2.78. The van der Waals surface area contributed by atoms with Crippen LogP contribution in [0, 0.1) is 0 Å². The maximum Gasteiger partial charge on any atom is 0.203 e. The van der Waals surface area contributed by atoms with Crippen molar-refractivity contribution in [2.24, 2.45) is 4.99 Å². The molecule has 0 saturated heterocycles. The molecule has 7 heteroatoms. The molecule has 0 aliphatic rings. The number of methoxy groups -OCH3 is 3. The molecule has 0 bridgehead atoms. The molecule has 0 amide bonds. The Morgan fingerprint density at radius 1 is 1.00 bits per heavy atom. The van der Waals surface area contributed by atoms with E-state index in [0.29, 0.717) is 23.8 Å². The van der Waals surface area contributed by atoms with Crippen molar-refractivity contribution >= 4 is 11.6 Å². The first kappa shape index (κ1) is 22.2. The van der Waals surface area contributed by atoms with Crippen LogP contribution < -0.4 is 29.7 Å². The Hall–Kier alpha value is -3.09. The molecule has 0 aliphatic carbocycles. The highest BCUT2D eigenvalue weighted by molar-refractivity contribution is 5.79. The fraction of sp³-hybridized carbons (Fsp3) is 0.409. The second-order valence-electron chi connectivity index (χ2n) is 6.64. The zero-order valence-electron chi connectivity index (χ0n) is 18.2. The first-order chi connectivity index (χ1) is 14.0. The molecule has 2 aromatic rings. The summed E-state index contributed by atoms with van der Waals surface area (Å²) in [6.07, 6.45) is 0. The third-order valence-corrected chi connectivity index (χ3v) is 4.80. The van der Waals surface area contributed by atoms with E-state index in [1.54, 1.807) is 28.4 Å². The van der Waals surface area contributed by atoms with Crippen LogP contribution in [0.1, 0.15) is 12.5 Å². The van der Waals surface area contributed by atoms with Crippen LogP contribution in [-0.4, -0.2) is 54.0 Å². The third kappa shape index (κ3) is 5.94. The third-order valence-electron chi connectivity index (χ3n) is 4.80. The van der Waals surface area contributed by atoms with Gasteiger partial charge in [0.1, 0.15) is 0 Å². The van der Waals surface area contributed by atoms with Gasteiger partial charge in [0, 0.05) is 38.9 Å². The molecule has 29 heavy (non-hydrogen) atoms. The number of hydrogen-bond acceptors (Lipinski definition) is 5. The number of benzene rings is 2. The number of nitrogens with one attached hydrogen (secondary N) is 2. The van der Waals surface area contributed by atoms with Crippen molar-refractivity contribution in [1.29, 1.82) is 0 Å². The number of likely N-dealkylation sites (N-methyl/N-ethyl adjacent to an activating group) is 1. The number of hydrogen-bond donors (Lipinski definition) is 2. The van der Waals surface area contributed by atoms with E-state index in [2.05, 4.69) is 46.6 Å². The number of para-hydroxylation sites is 1. The van der Waals surface area contributed by atoms with Crippen LogP contribution in [0.3, 0.4) is 0 Å². The van der Waals surface area contributed by atoms with Gasteiger partial charge in [0.25, 0.3) is 0 Å². The van der Waals surface area contributed by atoms with Gasteiger partial charge in [0.15, 0.2) is 17.5 Å². The van der Waals surface area contributed by atoms with Crippen molar-refractivity contribution in [3.05, 3.63) is 48.0 Å². The van der Waals surface area contributed by atoms with E-state index in [-0.39, 0.29) is 6.04 Å². The maximum absolute atomic E-state index is 5.42. The first-order valence-corrected chi connectivity index (χ1v) is 9.55. The van der Waals surface area contributed by atoms with E-state index in [9.17, 15) is 0 Å². The number of aliphatic imine (C=N–C) groups is 1. The molecule has 0 radical (unpaired) electrons. The largest absolute Gasteiger partial charge is 0.493 e. The van der Waals surface area contributed by atoms with Gasteiger partial charge in [-0.25, -0.2) is 0 Å². The van der Waals surface area contributed by atoms with Crippen molar-refractivity contribution in [2.75, 3.05) is 46.9 Å². The van der Waals surface area contributed by atoms with Gasteiger partial charge in [-0.05, 0) is 36.8 Å². The molecule has 1 unspecified atom stereocenters. The van der Waals surface area contributed by atoms with E-state index in [1.807, 2.05) is 30.3 Å². The Kier molecular flexibility index (Phi) is 8.45. The van der Waals surface area contributed by atoms with Gasteiger partial charge >= 0.3 is 0 Å². The Morgan fingerprint density at radius 3 is 2.14 bits per heavy atom. The van der Waals surface area contributed by atoms with Gasteiger partial charge in [-0.2, -0.15) is 0 Å². The monoisotopic (exact) mass is 400 g/mol. The van der Waals surface area contributed by atoms with Crippen LogP contribution >= 0.6 is 0 Å². The Labute approximate surface area is 173 Å². The first-order valence-electron chi connectivity index (χ1n) is 9.55. The van der Waals surface area contributed by atoms with Crippen molar-refractivity contribution in [1.82, 2.24) is 10.6 Å². The van der Waals surface area contributed by atoms with Crippen molar-refractivity contribution in [2.45, 2.75) is 19.5 Å². The summed E-state index contributed by atoms with van der Waals surface area (Å²) in [5.41, 5.74) is 2.18. The van der Waals surface area contributed by atoms with E-state index >= 15 is 0 Å². The molecular formula is C22H32N4O3. The molecule has 7 nitrogen and oxygen atoms in total. The predicted octanol–water partition coefficient (Wildman–Crippen LogP) is 2.90. The van der Waals surface area contributed by atoms with Crippen molar-refractivity contribution in [3.63, 3.8) is 0 Å². The summed E-state index contributed by atoms with van der Waals surface area (Å²) in [7, 11) is 8.67. The summed E-state index contributed by atoms with van der Waals surface area (Å²) < 4.78 is 16.2. The molecule has 2 aromatic carbocycles. The fourth-order valence-electron chi connectivity index (χ4n) is 2.94. The van der Waals surface area contributed by atoms with Crippen LogP contribution in [0.2, 0.25) is 0 Å². The van der Waals surface area contributed by atoms with Gasteiger partial charge in [-0.15, -0.1) is 0 Å². The number of anilines is 1. The number of ether oxygens (including phenoxy) is 3. The van der Waals surface area contributed by atoms with Gasteiger partial charge in [0.05, 0.1) is 21.3 Å². The molecule has 2 rings (SSSR count). The minimum absolute atomic E-state index is 0.289. The van der Waals surface area contributed by atoms with E-state index in [0.717, 1.165) is 18.1 Å². The smallest absolute Gasteiger partial charge is 0.203 e. The second-order valence-corrected chi connectivity index (χ2v) is 6.64. The average molecular weight is 401 g/mol. The van der Waals surface area contributed by atoms with Crippen LogP contribution in [0.5, 0.6) is 17.2 Å². The second kappa shape index (κ2) is 11.0. The van der Waals surface area contributed by atoms with Gasteiger partial charge < -0.3 is 29.7 Å². The summed E-state index contributed by atoms with van der Waals surface area (Å²) in [5, 5.41) is 6.71. The van der Waals surface area contributed by atoms with Gasteiger partial charge in [0.2, 0.25) is 5.75 Å². The molecule has 0 saturated carbocycles. The summed E-state index contributed by atoms with van der Waals surface area (Å²) in [5.74, 6) is 2.57. The summed E-state index contributed by atoms with van der Waals surface area (Å²) in [6, 6.07) is 14.5. The molecular weight excluding hydrogens is 368 g/mol. The number of guanidine groups is 1. The zero-order chi connectivity index (χ0) is 21.2. The topological polar surface area (TPSA) is 67.4 Å². The molecule has 0 heterocycles. The van der Waals surface area contributed by atoms with E-state index in [1.165, 1.54) is 5.69 Å². The molecule has 0 spiro atoms. The highest BCUT2D eigenvalue weighted by atomic mass is 16.5. The van der Waals surface area contributed by atoms with Crippen LogP contribution in [0.15, 0.2) is 47.5 Å². The van der Waals surface area contributed by atoms with Crippen LogP contribution in [0.4, 0.5) is 5.69 Å². The predicted molar refractivity (Wildman–Crippen MR) is 119 cm³/mol. The van der Waals surface area contributed by atoms with Gasteiger partial charge in [-0.3, -0.25) is 4.99 Å². The molecule has 2 N–H and O–H groups in total. The molecule has 0 fully saturated rings. The fourth-order valence-corrected chi connectivity index (χ4v) is 2.94. The minimum atomic E-state index is 0.289. The highest BCUT2D eigenvalue weighted by Gasteiger charge is 2.14. The lowest BCUT2D eigenvalue weighted by Crippen LogP contribution is -2.44. The normalized spacial score (nSPS) is 12.1. The Balaban J connectivity index is 1.95. The molecule has 0 aromatic heterocycles.